The Hall–Kier alpha value is -1.86. The molecule has 4 rings (SSSR count). The molecule has 3 fully saturated rings. The molecule has 3 heteroatoms. The Morgan fingerprint density at radius 2 is 1.79 bits per heavy atom. The normalized spacial score (nSPS) is 33.7. The summed E-state index contributed by atoms with van der Waals surface area (Å²) in [4.78, 5) is 0. The van der Waals surface area contributed by atoms with Crippen LogP contribution in [0.5, 0.6) is 0 Å². The minimum absolute atomic E-state index is 0.262. The third-order valence-corrected chi connectivity index (χ3v) is 8.74. The highest BCUT2D eigenvalue weighted by Gasteiger charge is 2.50. The topological polar surface area (TPSA) is 60.7 Å². The van der Waals surface area contributed by atoms with Gasteiger partial charge in [-0.2, -0.15) is 0 Å². The molecule has 0 spiro atoms. The van der Waals surface area contributed by atoms with Crippen molar-refractivity contribution in [2.75, 3.05) is 0 Å². The number of hydrogen-bond acceptors (Lipinski definition) is 3. The minimum atomic E-state index is -0.902. The first-order chi connectivity index (χ1) is 16.1. The average molecular weight is 463 g/mol. The van der Waals surface area contributed by atoms with Gasteiger partial charge in [0.05, 0.1) is 17.8 Å². The molecule has 0 amide bonds. The molecule has 0 unspecified atom stereocenters. The second kappa shape index (κ2) is 10.0. The summed E-state index contributed by atoms with van der Waals surface area (Å²) in [6.07, 6.45) is 11.6. The molecule has 3 N–H and O–H groups in total. The van der Waals surface area contributed by atoms with E-state index in [0.29, 0.717) is 37.0 Å². The fourth-order valence-electron chi connectivity index (χ4n) is 7.05. The summed E-state index contributed by atoms with van der Waals surface area (Å²) in [6.45, 7) is 8.40. The first kappa shape index (κ1) is 25.2. The van der Waals surface area contributed by atoms with E-state index in [2.05, 4.69) is 37.8 Å². The van der Waals surface area contributed by atoms with Crippen LogP contribution in [-0.2, 0) is 5.60 Å². The lowest BCUT2D eigenvalue weighted by molar-refractivity contribution is 0.0609. The molecule has 1 aromatic carbocycles. The van der Waals surface area contributed by atoms with Crippen molar-refractivity contribution < 1.29 is 15.3 Å². The van der Waals surface area contributed by atoms with Crippen molar-refractivity contribution in [2.45, 2.75) is 96.9 Å². The molecule has 3 nitrogen and oxygen atoms in total. The molecule has 3 aliphatic carbocycles. The first-order valence-corrected chi connectivity index (χ1v) is 13.2. The lowest BCUT2D eigenvalue weighted by Crippen LogP contribution is -2.35. The van der Waals surface area contributed by atoms with Gasteiger partial charge < -0.3 is 15.3 Å². The monoisotopic (exact) mass is 462 g/mol. The lowest BCUT2D eigenvalue weighted by Gasteiger charge is -2.43. The summed E-state index contributed by atoms with van der Waals surface area (Å²) >= 11 is 0. The molecule has 0 saturated heterocycles. The molecular formula is C31H42O3. The van der Waals surface area contributed by atoms with Crippen LogP contribution in [0, 0.1) is 35.0 Å². The number of aliphatic hydroxyl groups is 3. The molecule has 184 valence electrons. The van der Waals surface area contributed by atoms with Crippen molar-refractivity contribution in [1.82, 2.24) is 0 Å². The summed E-state index contributed by atoms with van der Waals surface area (Å²) in [5, 5.41) is 30.6. The summed E-state index contributed by atoms with van der Waals surface area (Å²) < 4.78 is 0. The Morgan fingerprint density at radius 1 is 1.09 bits per heavy atom. The van der Waals surface area contributed by atoms with E-state index < -0.39 is 17.8 Å². The van der Waals surface area contributed by atoms with E-state index in [9.17, 15) is 15.3 Å². The van der Waals surface area contributed by atoms with E-state index in [1.807, 2.05) is 38.1 Å². The van der Waals surface area contributed by atoms with Crippen LogP contribution in [0.4, 0.5) is 0 Å². The van der Waals surface area contributed by atoms with Gasteiger partial charge in [-0.3, -0.25) is 0 Å². The smallest absolute Gasteiger partial charge is 0.0852 e. The Labute approximate surface area is 206 Å². The quantitative estimate of drug-likeness (QED) is 0.492. The predicted octanol–water partition coefficient (Wildman–Crippen LogP) is 5.88. The Bertz CT molecular complexity index is 989. The van der Waals surface area contributed by atoms with Crippen LogP contribution in [0.25, 0.3) is 0 Å². The van der Waals surface area contributed by atoms with Crippen LogP contribution < -0.4 is 0 Å². The third kappa shape index (κ3) is 5.35. The second-order valence-electron chi connectivity index (χ2n) is 11.8. The maximum Gasteiger partial charge on any atom is 0.0852 e. The largest absolute Gasteiger partial charge is 0.393 e. The maximum atomic E-state index is 10.5. The summed E-state index contributed by atoms with van der Waals surface area (Å²) in [7, 11) is 0. The zero-order valence-electron chi connectivity index (χ0n) is 21.3. The van der Waals surface area contributed by atoms with Gasteiger partial charge in [-0.25, -0.2) is 0 Å². The second-order valence-corrected chi connectivity index (χ2v) is 11.8. The molecule has 34 heavy (non-hydrogen) atoms. The highest BCUT2D eigenvalue weighted by molar-refractivity contribution is 5.44. The van der Waals surface area contributed by atoms with Crippen molar-refractivity contribution in [1.29, 1.82) is 0 Å². The van der Waals surface area contributed by atoms with Crippen LogP contribution in [-0.4, -0.2) is 27.5 Å². The van der Waals surface area contributed by atoms with Crippen molar-refractivity contribution in [3.8, 4) is 11.8 Å². The van der Waals surface area contributed by atoms with Crippen LogP contribution in [0.1, 0.15) is 90.2 Å². The molecule has 0 bridgehead atoms. The van der Waals surface area contributed by atoms with Gasteiger partial charge in [0.1, 0.15) is 0 Å². The Kier molecular flexibility index (Phi) is 7.44. The van der Waals surface area contributed by atoms with Gasteiger partial charge in [-0.15, -0.1) is 0 Å². The van der Waals surface area contributed by atoms with E-state index in [0.717, 1.165) is 17.5 Å². The fraction of sp³-hybridized carbons (Fsp3) is 0.613. The number of aliphatic hydroxyl groups excluding tert-OH is 2. The zero-order chi connectivity index (χ0) is 24.5. The van der Waals surface area contributed by atoms with Gasteiger partial charge in [-0.05, 0) is 94.1 Å². The van der Waals surface area contributed by atoms with Crippen molar-refractivity contribution >= 4 is 0 Å². The molecule has 0 radical (unpaired) electrons. The van der Waals surface area contributed by atoms with Gasteiger partial charge in [-0.1, -0.05) is 67.2 Å². The summed E-state index contributed by atoms with van der Waals surface area (Å²) in [5.41, 5.74) is 3.89. The molecule has 1 aromatic rings. The van der Waals surface area contributed by atoms with E-state index >= 15 is 0 Å². The van der Waals surface area contributed by atoms with Crippen molar-refractivity contribution in [3.63, 3.8) is 0 Å². The molecule has 0 aromatic heterocycles. The molecule has 3 saturated carbocycles. The maximum absolute atomic E-state index is 10.5. The first-order valence-electron chi connectivity index (χ1n) is 13.2. The SMILES string of the molecule is C[C@@H](C#Cc1ccccc1C(C)(C)O)[C@H]1CC[C@H]2/C(=C/C=C3C[C@@H](O)C[C@H](O)C3)CCC[C@]12C. The average Bonchev–Trinajstić information content (AvgIpc) is 3.12. The van der Waals surface area contributed by atoms with E-state index in [4.69, 9.17) is 0 Å². The van der Waals surface area contributed by atoms with Crippen molar-refractivity contribution in [2.24, 2.45) is 23.2 Å². The summed E-state index contributed by atoms with van der Waals surface area (Å²) in [5.74, 6) is 8.44. The Balaban J connectivity index is 1.52. The lowest BCUT2D eigenvalue weighted by atomic mass is 9.61. The highest BCUT2D eigenvalue weighted by atomic mass is 16.3. The fourth-order valence-corrected chi connectivity index (χ4v) is 7.05. The van der Waals surface area contributed by atoms with Crippen molar-refractivity contribution in [3.05, 3.63) is 58.7 Å². The van der Waals surface area contributed by atoms with Crippen LogP contribution in [0.2, 0.25) is 0 Å². The molecule has 3 aliphatic rings. The van der Waals surface area contributed by atoms with Gasteiger partial charge in [0.2, 0.25) is 0 Å². The van der Waals surface area contributed by atoms with Gasteiger partial charge in [0.15, 0.2) is 0 Å². The number of hydrogen-bond donors (Lipinski definition) is 3. The molecular weight excluding hydrogens is 420 g/mol. The minimum Gasteiger partial charge on any atom is -0.393 e. The number of allylic oxidation sites excluding steroid dienone is 3. The van der Waals surface area contributed by atoms with Crippen LogP contribution >= 0.6 is 0 Å². The number of benzene rings is 1. The predicted molar refractivity (Wildman–Crippen MR) is 138 cm³/mol. The summed E-state index contributed by atoms with van der Waals surface area (Å²) in [6, 6.07) is 7.94. The standard InChI is InChI=1S/C31H42O3/c1-21(11-13-23-8-5-6-10-28(23)30(2,3)34)27-15-16-29-24(9-7-17-31(27,29)4)14-12-22-18-25(32)20-26(33)19-22/h5-6,8,10,12,14,21,25-27,29,32-34H,7,9,15-20H2,1-4H3/b24-14+/t21-,25+,26+,27+,29-,31+/m0/s1. The number of rotatable bonds is 3. The number of fused-ring (bicyclic) bond motifs is 1. The van der Waals surface area contributed by atoms with Crippen LogP contribution in [0.15, 0.2) is 47.6 Å². The van der Waals surface area contributed by atoms with Crippen LogP contribution in [0.3, 0.4) is 0 Å². The Morgan fingerprint density at radius 3 is 2.50 bits per heavy atom. The molecule has 6 atom stereocenters. The van der Waals surface area contributed by atoms with Gasteiger partial charge in [0.25, 0.3) is 0 Å². The third-order valence-electron chi connectivity index (χ3n) is 8.74. The van der Waals surface area contributed by atoms with E-state index in [-0.39, 0.29) is 5.41 Å². The zero-order valence-corrected chi connectivity index (χ0v) is 21.3. The van der Waals surface area contributed by atoms with E-state index in [1.54, 1.807) is 5.57 Å². The van der Waals surface area contributed by atoms with Gasteiger partial charge in [0, 0.05) is 11.5 Å². The molecule has 0 heterocycles. The highest BCUT2D eigenvalue weighted by Crippen LogP contribution is 2.59. The van der Waals surface area contributed by atoms with Gasteiger partial charge >= 0.3 is 0 Å². The molecule has 0 aliphatic heterocycles. The van der Waals surface area contributed by atoms with E-state index in [1.165, 1.54) is 31.3 Å².